The third-order valence-corrected chi connectivity index (χ3v) is 4.00. The summed E-state index contributed by atoms with van der Waals surface area (Å²) < 4.78 is 6.73. The van der Waals surface area contributed by atoms with Crippen molar-refractivity contribution in [3.63, 3.8) is 0 Å². The van der Waals surface area contributed by atoms with Gasteiger partial charge >= 0.3 is 0 Å². The van der Waals surface area contributed by atoms with Crippen LogP contribution in [0.25, 0.3) is 0 Å². The van der Waals surface area contributed by atoms with Gasteiger partial charge < -0.3 is 4.74 Å². The zero-order valence-electron chi connectivity index (χ0n) is 8.51. The summed E-state index contributed by atoms with van der Waals surface area (Å²) in [5.41, 5.74) is 0.396. The average molecular weight is 290 g/mol. The topological polar surface area (TPSA) is 9.23 Å². The minimum atomic E-state index is 0.396. The van der Waals surface area contributed by atoms with Crippen LogP contribution in [0.4, 0.5) is 0 Å². The Hall–Kier alpha value is -0.210. The van der Waals surface area contributed by atoms with Crippen LogP contribution in [0, 0.1) is 5.41 Å². The second-order valence-corrected chi connectivity index (χ2v) is 5.37. The molecule has 0 amide bonds. The number of ether oxygens (including phenoxy) is 1. The number of hydrogen-bond donors (Lipinski definition) is 0. The molecule has 0 saturated heterocycles. The van der Waals surface area contributed by atoms with Gasteiger partial charge in [0.05, 0.1) is 6.61 Å². The summed E-state index contributed by atoms with van der Waals surface area (Å²) in [7, 11) is 0. The fourth-order valence-corrected chi connectivity index (χ4v) is 2.35. The molecule has 0 aromatic heterocycles. The van der Waals surface area contributed by atoms with Crippen LogP contribution in [0.5, 0.6) is 5.75 Å². The molecule has 0 radical (unpaired) electrons. The van der Waals surface area contributed by atoms with Crippen LogP contribution in [0.2, 0.25) is 0 Å². The molecular formula is C12H14BrClO. The highest BCUT2D eigenvalue weighted by Crippen LogP contribution is 2.49. The second-order valence-electron chi connectivity index (χ2n) is 4.19. The van der Waals surface area contributed by atoms with Crippen LogP contribution in [0.1, 0.15) is 19.3 Å². The smallest absolute Gasteiger partial charge is 0.120 e. The van der Waals surface area contributed by atoms with Crippen LogP contribution < -0.4 is 4.74 Å². The summed E-state index contributed by atoms with van der Waals surface area (Å²) in [4.78, 5) is 0. The molecule has 15 heavy (non-hydrogen) atoms. The molecule has 1 aromatic carbocycles. The Bertz CT molecular complexity index is 336. The molecule has 0 aliphatic heterocycles. The Morgan fingerprint density at radius 3 is 2.80 bits per heavy atom. The lowest BCUT2D eigenvalue weighted by atomic mass is 10.1. The fraction of sp³-hybridized carbons (Fsp3) is 0.500. The quantitative estimate of drug-likeness (QED) is 0.737. The molecule has 2 rings (SSSR count). The first-order valence-electron chi connectivity index (χ1n) is 5.18. The van der Waals surface area contributed by atoms with Crippen molar-refractivity contribution in [2.24, 2.45) is 5.41 Å². The molecular weight excluding hydrogens is 275 g/mol. The standard InChI is InChI=1S/C12H14BrClO/c13-10-2-1-3-11(8-10)15-7-6-12(9-14)4-5-12/h1-3,8H,4-7,9H2. The van der Waals surface area contributed by atoms with Crippen LogP contribution in [0.3, 0.4) is 0 Å². The Morgan fingerprint density at radius 1 is 1.40 bits per heavy atom. The van der Waals surface area contributed by atoms with Crippen molar-refractivity contribution in [1.82, 2.24) is 0 Å². The van der Waals surface area contributed by atoms with Gasteiger partial charge in [0.1, 0.15) is 5.75 Å². The van der Waals surface area contributed by atoms with E-state index in [0.717, 1.165) is 29.1 Å². The van der Waals surface area contributed by atoms with Crippen molar-refractivity contribution in [3.8, 4) is 5.75 Å². The van der Waals surface area contributed by atoms with Crippen molar-refractivity contribution >= 4 is 27.5 Å². The largest absolute Gasteiger partial charge is 0.494 e. The minimum absolute atomic E-state index is 0.396. The summed E-state index contributed by atoms with van der Waals surface area (Å²) in [6, 6.07) is 7.94. The highest BCUT2D eigenvalue weighted by molar-refractivity contribution is 9.10. The molecule has 3 heteroatoms. The molecule has 1 saturated carbocycles. The average Bonchev–Trinajstić information content (AvgIpc) is 2.99. The molecule has 0 atom stereocenters. The molecule has 1 fully saturated rings. The van der Waals surface area contributed by atoms with Crippen molar-refractivity contribution in [2.45, 2.75) is 19.3 Å². The molecule has 0 N–H and O–H groups in total. The molecule has 1 aromatic rings. The van der Waals surface area contributed by atoms with E-state index in [9.17, 15) is 0 Å². The van der Waals surface area contributed by atoms with Gasteiger partial charge in [-0.05, 0) is 42.9 Å². The maximum atomic E-state index is 5.90. The number of hydrogen-bond acceptors (Lipinski definition) is 1. The first-order valence-corrected chi connectivity index (χ1v) is 6.51. The van der Waals surface area contributed by atoms with Crippen LogP contribution >= 0.6 is 27.5 Å². The van der Waals surface area contributed by atoms with Crippen molar-refractivity contribution in [2.75, 3.05) is 12.5 Å². The summed E-state index contributed by atoms with van der Waals surface area (Å²) in [6.45, 7) is 0.767. The SMILES string of the molecule is ClCC1(CCOc2cccc(Br)c2)CC1. The van der Waals surface area contributed by atoms with E-state index in [-0.39, 0.29) is 0 Å². The number of halogens is 2. The first-order chi connectivity index (χ1) is 7.24. The highest BCUT2D eigenvalue weighted by atomic mass is 79.9. The molecule has 1 aliphatic rings. The van der Waals surface area contributed by atoms with Crippen molar-refractivity contribution < 1.29 is 4.74 Å². The van der Waals surface area contributed by atoms with Gasteiger partial charge in [-0.15, -0.1) is 11.6 Å². The molecule has 0 heterocycles. The zero-order valence-corrected chi connectivity index (χ0v) is 10.9. The van der Waals surface area contributed by atoms with Gasteiger partial charge in [-0.2, -0.15) is 0 Å². The normalized spacial score (nSPS) is 17.5. The maximum Gasteiger partial charge on any atom is 0.120 e. The monoisotopic (exact) mass is 288 g/mol. The van der Waals surface area contributed by atoms with E-state index in [4.69, 9.17) is 16.3 Å². The Kier molecular flexibility index (Phi) is 3.57. The van der Waals surface area contributed by atoms with Crippen LogP contribution in [-0.2, 0) is 0 Å². The Morgan fingerprint density at radius 2 is 2.20 bits per heavy atom. The zero-order chi connectivity index (χ0) is 10.7. The predicted octanol–water partition coefficient (Wildman–Crippen LogP) is 4.24. The van der Waals surface area contributed by atoms with Gasteiger partial charge in [0, 0.05) is 10.4 Å². The van der Waals surface area contributed by atoms with Gasteiger partial charge in [0.25, 0.3) is 0 Å². The first kappa shape index (κ1) is 11.3. The van der Waals surface area contributed by atoms with E-state index in [2.05, 4.69) is 15.9 Å². The van der Waals surface area contributed by atoms with Gasteiger partial charge in [0.15, 0.2) is 0 Å². The molecule has 0 unspecified atom stereocenters. The molecule has 1 aliphatic carbocycles. The van der Waals surface area contributed by atoms with Gasteiger partial charge in [-0.1, -0.05) is 22.0 Å². The second kappa shape index (κ2) is 4.75. The van der Waals surface area contributed by atoms with Crippen molar-refractivity contribution in [1.29, 1.82) is 0 Å². The minimum Gasteiger partial charge on any atom is -0.494 e. The van der Waals surface area contributed by atoms with E-state index < -0.39 is 0 Å². The molecule has 82 valence electrons. The Labute approximate surface area is 104 Å². The van der Waals surface area contributed by atoms with Crippen molar-refractivity contribution in [3.05, 3.63) is 28.7 Å². The number of alkyl halides is 1. The summed E-state index contributed by atoms with van der Waals surface area (Å²) in [5.74, 6) is 1.70. The van der Waals surface area contributed by atoms with Gasteiger partial charge in [-0.3, -0.25) is 0 Å². The molecule has 1 nitrogen and oxygen atoms in total. The Balaban J connectivity index is 1.78. The van der Waals surface area contributed by atoms with E-state index >= 15 is 0 Å². The van der Waals surface area contributed by atoms with Crippen LogP contribution in [-0.4, -0.2) is 12.5 Å². The third-order valence-electron chi connectivity index (χ3n) is 2.94. The van der Waals surface area contributed by atoms with Crippen LogP contribution in [0.15, 0.2) is 28.7 Å². The van der Waals surface area contributed by atoms with E-state index in [0.29, 0.717) is 5.41 Å². The maximum absolute atomic E-state index is 5.90. The summed E-state index contributed by atoms with van der Waals surface area (Å²) in [5, 5.41) is 0. The van der Waals surface area contributed by atoms with Gasteiger partial charge in [0.2, 0.25) is 0 Å². The lowest BCUT2D eigenvalue weighted by Crippen LogP contribution is -2.09. The summed E-state index contributed by atoms with van der Waals surface area (Å²) >= 11 is 9.32. The fourth-order valence-electron chi connectivity index (χ4n) is 1.57. The summed E-state index contributed by atoms with van der Waals surface area (Å²) in [6.07, 6.45) is 3.60. The number of rotatable bonds is 5. The highest BCUT2D eigenvalue weighted by Gasteiger charge is 2.41. The lowest BCUT2D eigenvalue weighted by Gasteiger charge is -2.12. The van der Waals surface area contributed by atoms with E-state index in [1.165, 1.54) is 12.8 Å². The molecule has 0 spiro atoms. The van der Waals surface area contributed by atoms with E-state index in [1.807, 2.05) is 24.3 Å². The third kappa shape index (κ3) is 3.12. The predicted molar refractivity (Wildman–Crippen MR) is 66.6 cm³/mol. The van der Waals surface area contributed by atoms with E-state index in [1.54, 1.807) is 0 Å². The molecule has 0 bridgehead atoms. The lowest BCUT2D eigenvalue weighted by molar-refractivity contribution is 0.278. The van der Waals surface area contributed by atoms with Gasteiger partial charge in [-0.25, -0.2) is 0 Å². The number of benzene rings is 1.